The van der Waals surface area contributed by atoms with Crippen molar-refractivity contribution in [1.82, 2.24) is 5.32 Å². The molecule has 28 heavy (non-hydrogen) atoms. The Labute approximate surface area is 160 Å². The first kappa shape index (κ1) is 21.2. The minimum atomic E-state index is -3.04. The van der Waals surface area contributed by atoms with Crippen molar-refractivity contribution in [2.45, 2.75) is 19.7 Å². The molecule has 0 heterocycles. The van der Waals surface area contributed by atoms with E-state index in [2.05, 4.69) is 10.1 Å². The summed E-state index contributed by atoms with van der Waals surface area (Å²) in [7, 11) is 4.50. The van der Waals surface area contributed by atoms with E-state index < -0.39 is 11.5 Å². The van der Waals surface area contributed by atoms with Gasteiger partial charge in [0.2, 0.25) is 0 Å². The maximum Gasteiger partial charge on any atom is 0.387 e. The lowest BCUT2D eigenvalue weighted by atomic mass is 10.1. The van der Waals surface area contributed by atoms with Crippen molar-refractivity contribution in [2.75, 3.05) is 21.3 Å². The third-order valence-electron chi connectivity index (χ3n) is 3.89. The fraction of sp³-hybridized carbons (Fsp3) is 0.333. The van der Waals surface area contributed by atoms with Gasteiger partial charge in [-0.3, -0.25) is 10.1 Å². The SMILES string of the molecule is COc1cc(OC)c(OC)cc1CNCc1cc([N+](=O)[O-])ccc1OC(F)F. The number of nitro groups is 1. The van der Waals surface area contributed by atoms with Crippen molar-refractivity contribution in [1.29, 1.82) is 0 Å². The zero-order valence-corrected chi connectivity index (χ0v) is 15.5. The monoisotopic (exact) mass is 398 g/mol. The summed E-state index contributed by atoms with van der Waals surface area (Å²) in [5, 5.41) is 14.0. The molecule has 0 unspecified atom stereocenters. The fourth-order valence-corrected chi connectivity index (χ4v) is 2.59. The van der Waals surface area contributed by atoms with Crippen LogP contribution in [0.15, 0.2) is 30.3 Å². The summed E-state index contributed by atoms with van der Waals surface area (Å²) >= 11 is 0. The molecule has 2 aromatic rings. The zero-order chi connectivity index (χ0) is 20.7. The number of ether oxygens (including phenoxy) is 4. The van der Waals surface area contributed by atoms with Crippen LogP contribution in [0.25, 0.3) is 0 Å². The number of nitrogens with one attached hydrogen (secondary N) is 1. The fourth-order valence-electron chi connectivity index (χ4n) is 2.59. The Morgan fingerprint density at radius 3 is 2.04 bits per heavy atom. The second-order valence-corrected chi connectivity index (χ2v) is 5.55. The second kappa shape index (κ2) is 9.70. The van der Waals surface area contributed by atoms with Gasteiger partial charge in [-0.2, -0.15) is 8.78 Å². The predicted octanol–water partition coefficient (Wildman–Crippen LogP) is 3.51. The number of halogens is 2. The molecular weight excluding hydrogens is 378 g/mol. The highest BCUT2D eigenvalue weighted by Crippen LogP contribution is 2.34. The van der Waals surface area contributed by atoms with Crippen molar-refractivity contribution < 1.29 is 32.7 Å². The molecule has 2 rings (SSSR count). The first-order valence-electron chi connectivity index (χ1n) is 8.11. The van der Waals surface area contributed by atoms with Gasteiger partial charge in [-0.05, 0) is 12.1 Å². The molecule has 0 atom stereocenters. The van der Waals surface area contributed by atoms with Gasteiger partial charge in [-0.25, -0.2) is 0 Å². The normalized spacial score (nSPS) is 10.6. The number of hydrogen-bond acceptors (Lipinski definition) is 7. The second-order valence-electron chi connectivity index (χ2n) is 5.55. The largest absolute Gasteiger partial charge is 0.496 e. The molecule has 152 valence electrons. The van der Waals surface area contributed by atoms with Gasteiger partial charge in [-0.15, -0.1) is 0 Å². The molecular formula is C18H20F2N2O6. The van der Waals surface area contributed by atoms with Crippen LogP contribution in [-0.2, 0) is 13.1 Å². The molecule has 0 amide bonds. The molecule has 0 aliphatic carbocycles. The Hall–Kier alpha value is -3.14. The Kier molecular flexibility index (Phi) is 7.33. The molecule has 0 aromatic heterocycles. The van der Waals surface area contributed by atoms with Crippen LogP contribution in [0.5, 0.6) is 23.0 Å². The summed E-state index contributed by atoms with van der Waals surface area (Å²) in [5.41, 5.74) is 0.734. The third kappa shape index (κ3) is 5.19. The van der Waals surface area contributed by atoms with Gasteiger partial charge in [0.15, 0.2) is 11.5 Å². The number of nitrogens with zero attached hydrogens (tertiary/aromatic N) is 1. The van der Waals surface area contributed by atoms with Crippen LogP contribution in [0.2, 0.25) is 0 Å². The average molecular weight is 398 g/mol. The number of benzene rings is 2. The van der Waals surface area contributed by atoms with E-state index in [1.165, 1.54) is 27.4 Å². The maximum absolute atomic E-state index is 12.6. The van der Waals surface area contributed by atoms with Gasteiger partial charge in [0.25, 0.3) is 5.69 Å². The lowest BCUT2D eigenvalue weighted by molar-refractivity contribution is -0.385. The predicted molar refractivity (Wildman–Crippen MR) is 96.4 cm³/mol. The summed E-state index contributed by atoms with van der Waals surface area (Å²) in [6.45, 7) is -2.70. The summed E-state index contributed by atoms with van der Waals surface area (Å²) in [5.74, 6) is 1.40. The van der Waals surface area contributed by atoms with Crippen LogP contribution >= 0.6 is 0 Å². The van der Waals surface area contributed by atoms with Crippen molar-refractivity contribution in [2.24, 2.45) is 0 Å². The van der Waals surface area contributed by atoms with Gasteiger partial charge < -0.3 is 24.3 Å². The summed E-state index contributed by atoms with van der Waals surface area (Å²) in [6, 6.07) is 6.83. The number of hydrogen-bond donors (Lipinski definition) is 1. The van der Waals surface area contributed by atoms with E-state index in [4.69, 9.17) is 14.2 Å². The van der Waals surface area contributed by atoms with E-state index in [0.717, 1.165) is 17.7 Å². The molecule has 0 saturated carbocycles. The van der Waals surface area contributed by atoms with Crippen LogP contribution < -0.4 is 24.3 Å². The smallest absolute Gasteiger partial charge is 0.387 e. The minimum absolute atomic E-state index is 0.0568. The van der Waals surface area contributed by atoms with E-state index in [-0.39, 0.29) is 30.1 Å². The van der Waals surface area contributed by atoms with E-state index in [1.807, 2.05) is 0 Å². The van der Waals surface area contributed by atoms with Gasteiger partial charge in [0.1, 0.15) is 11.5 Å². The van der Waals surface area contributed by atoms with Crippen molar-refractivity contribution in [3.05, 3.63) is 51.6 Å². The van der Waals surface area contributed by atoms with Gasteiger partial charge in [0.05, 0.1) is 26.3 Å². The molecule has 8 nitrogen and oxygen atoms in total. The molecule has 0 aliphatic heterocycles. The molecule has 0 aliphatic rings. The number of methoxy groups -OCH3 is 3. The highest BCUT2D eigenvalue weighted by atomic mass is 19.3. The van der Waals surface area contributed by atoms with Gasteiger partial charge in [0, 0.05) is 42.4 Å². The quantitative estimate of drug-likeness (QED) is 0.484. The number of non-ortho nitro benzene ring substituents is 1. The molecule has 0 fully saturated rings. The topological polar surface area (TPSA) is 92.1 Å². The van der Waals surface area contributed by atoms with Crippen molar-refractivity contribution in [3.63, 3.8) is 0 Å². The minimum Gasteiger partial charge on any atom is -0.496 e. The first-order valence-corrected chi connectivity index (χ1v) is 8.11. The Balaban J connectivity index is 2.20. The summed E-state index contributed by atoms with van der Waals surface area (Å²) < 4.78 is 45.4. The van der Waals surface area contributed by atoms with Crippen LogP contribution in [0, 0.1) is 10.1 Å². The molecule has 0 spiro atoms. The number of nitro benzene ring substituents is 1. The zero-order valence-electron chi connectivity index (χ0n) is 15.5. The van der Waals surface area contributed by atoms with Crippen molar-refractivity contribution >= 4 is 5.69 Å². The van der Waals surface area contributed by atoms with Crippen LogP contribution in [-0.4, -0.2) is 32.9 Å². The third-order valence-corrected chi connectivity index (χ3v) is 3.89. The Morgan fingerprint density at radius 1 is 0.929 bits per heavy atom. The lowest BCUT2D eigenvalue weighted by Crippen LogP contribution is -2.15. The Bertz CT molecular complexity index is 832. The van der Waals surface area contributed by atoms with Crippen LogP contribution in [0.1, 0.15) is 11.1 Å². The lowest BCUT2D eigenvalue weighted by Gasteiger charge is -2.15. The molecule has 0 bridgehead atoms. The van der Waals surface area contributed by atoms with Gasteiger partial charge in [-0.1, -0.05) is 0 Å². The number of alkyl halides is 2. The highest BCUT2D eigenvalue weighted by molar-refractivity contribution is 5.51. The first-order chi connectivity index (χ1) is 13.4. The highest BCUT2D eigenvalue weighted by Gasteiger charge is 2.16. The summed E-state index contributed by atoms with van der Waals surface area (Å²) in [4.78, 5) is 10.3. The van der Waals surface area contributed by atoms with Gasteiger partial charge >= 0.3 is 6.61 Å². The molecule has 1 N–H and O–H groups in total. The Morgan fingerprint density at radius 2 is 1.50 bits per heavy atom. The molecule has 0 saturated heterocycles. The van der Waals surface area contributed by atoms with E-state index in [9.17, 15) is 18.9 Å². The van der Waals surface area contributed by atoms with E-state index in [1.54, 1.807) is 12.1 Å². The molecule has 2 aromatic carbocycles. The van der Waals surface area contributed by atoms with Crippen molar-refractivity contribution in [3.8, 4) is 23.0 Å². The maximum atomic E-state index is 12.6. The standard InChI is InChI=1S/C18H20F2N2O6/c1-25-15-8-17(27-3)16(26-2)7-12(15)10-21-9-11-6-13(22(23)24)4-5-14(11)28-18(19)20/h4-8,18,21H,9-10H2,1-3H3. The molecule has 0 radical (unpaired) electrons. The van der Waals surface area contributed by atoms with E-state index in [0.29, 0.717) is 17.2 Å². The molecule has 10 heteroatoms. The number of rotatable bonds is 10. The van der Waals surface area contributed by atoms with Crippen LogP contribution in [0.4, 0.5) is 14.5 Å². The van der Waals surface area contributed by atoms with E-state index >= 15 is 0 Å². The van der Waals surface area contributed by atoms with Crippen LogP contribution in [0.3, 0.4) is 0 Å². The summed E-state index contributed by atoms with van der Waals surface area (Å²) in [6.07, 6.45) is 0. The average Bonchev–Trinajstić information content (AvgIpc) is 2.67.